The molecule has 0 saturated carbocycles. The zero-order chi connectivity index (χ0) is 10.4. The number of rotatable bonds is 4. The molecule has 4 nitrogen and oxygen atoms in total. The van der Waals surface area contributed by atoms with E-state index in [0.29, 0.717) is 18.7 Å². The van der Waals surface area contributed by atoms with Gasteiger partial charge in [0, 0.05) is 13.0 Å². The first kappa shape index (κ1) is 10.5. The fraction of sp³-hybridized carbons (Fsp3) is 0.300. The molecular formula is C10H14N2O2. The van der Waals surface area contributed by atoms with Gasteiger partial charge in [-0.1, -0.05) is 12.1 Å². The SMILES string of the molecule is CNCCC(=O)Nc1ccccc1O. The molecule has 0 aliphatic carbocycles. The van der Waals surface area contributed by atoms with Crippen molar-refractivity contribution in [2.45, 2.75) is 6.42 Å². The lowest BCUT2D eigenvalue weighted by atomic mass is 10.3. The number of phenolic OH excluding ortho intramolecular Hbond substituents is 1. The normalized spacial score (nSPS) is 9.79. The summed E-state index contributed by atoms with van der Waals surface area (Å²) >= 11 is 0. The van der Waals surface area contributed by atoms with E-state index in [0.717, 1.165) is 0 Å². The highest BCUT2D eigenvalue weighted by molar-refractivity contribution is 5.92. The lowest BCUT2D eigenvalue weighted by molar-refractivity contribution is -0.116. The van der Waals surface area contributed by atoms with Gasteiger partial charge in [0.15, 0.2) is 0 Å². The van der Waals surface area contributed by atoms with Crippen molar-refractivity contribution in [3.8, 4) is 5.75 Å². The van der Waals surface area contributed by atoms with Crippen molar-refractivity contribution < 1.29 is 9.90 Å². The van der Waals surface area contributed by atoms with E-state index in [1.807, 2.05) is 0 Å². The maximum Gasteiger partial charge on any atom is 0.225 e. The van der Waals surface area contributed by atoms with E-state index in [9.17, 15) is 9.90 Å². The minimum absolute atomic E-state index is 0.0882. The van der Waals surface area contributed by atoms with Crippen molar-refractivity contribution in [3.05, 3.63) is 24.3 Å². The van der Waals surface area contributed by atoms with Gasteiger partial charge in [0.2, 0.25) is 5.91 Å². The number of carbonyl (C=O) groups is 1. The number of phenols is 1. The molecule has 1 aromatic carbocycles. The first-order chi connectivity index (χ1) is 6.74. The van der Waals surface area contributed by atoms with Gasteiger partial charge in [0.1, 0.15) is 5.75 Å². The summed E-state index contributed by atoms with van der Waals surface area (Å²) in [6, 6.07) is 6.66. The Morgan fingerprint density at radius 1 is 1.43 bits per heavy atom. The van der Waals surface area contributed by atoms with Crippen molar-refractivity contribution in [3.63, 3.8) is 0 Å². The summed E-state index contributed by atoms with van der Waals surface area (Å²) in [5, 5.41) is 14.8. The van der Waals surface area contributed by atoms with Gasteiger partial charge in [-0.05, 0) is 19.2 Å². The Bertz CT molecular complexity index is 313. The molecule has 1 rings (SSSR count). The van der Waals surface area contributed by atoms with Crippen LogP contribution in [0.5, 0.6) is 5.75 Å². The van der Waals surface area contributed by atoms with Crippen molar-refractivity contribution in [1.29, 1.82) is 0 Å². The second kappa shape index (κ2) is 5.24. The molecule has 0 radical (unpaired) electrons. The van der Waals surface area contributed by atoms with Crippen molar-refractivity contribution in [1.82, 2.24) is 5.32 Å². The molecule has 0 unspecified atom stereocenters. The second-order valence-corrected chi connectivity index (χ2v) is 2.92. The smallest absolute Gasteiger partial charge is 0.225 e. The number of aromatic hydroxyl groups is 1. The number of amides is 1. The van der Waals surface area contributed by atoms with Gasteiger partial charge in [0.05, 0.1) is 5.69 Å². The highest BCUT2D eigenvalue weighted by atomic mass is 16.3. The van der Waals surface area contributed by atoms with Gasteiger partial charge in [0.25, 0.3) is 0 Å². The number of carbonyl (C=O) groups excluding carboxylic acids is 1. The molecule has 0 heterocycles. The minimum atomic E-state index is -0.110. The quantitative estimate of drug-likeness (QED) is 0.625. The molecule has 0 aliphatic heterocycles. The van der Waals surface area contributed by atoms with Crippen LogP contribution in [0.25, 0.3) is 0 Å². The molecule has 0 bridgehead atoms. The molecule has 1 amide bonds. The van der Waals surface area contributed by atoms with Gasteiger partial charge in [-0.2, -0.15) is 0 Å². The molecule has 76 valence electrons. The molecule has 0 aliphatic rings. The van der Waals surface area contributed by atoms with E-state index in [1.165, 1.54) is 6.07 Å². The average molecular weight is 194 g/mol. The largest absolute Gasteiger partial charge is 0.506 e. The Kier molecular flexibility index (Phi) is 3.94. The Labute approximate surface area is 82.9 Å². The van der Waals surface area contributed by atoms with Crippen LogP contribution in [0.15, 0.2) is 24.3 Å². The van der Waals surface area contributed by atoms with Crippen LogP contribution < -0.4 is 10.6 Å². The van der Waals surface area contributed by atoms with Gasteiger partial charge in [-0.3, -0.25) is 4.79 Å². The van der Waals surface area contributed by atoms with Gasteiger partial charge in [-0.25, -0.2) is 0 Å². The fourth-order valence-electron chi connectivity index (χ4n) is 1.03. The predicted octanol–water partition coefficient (Wildman–Crippen LogP) is 0.940. The van der Waals surface area contributed by atoms with Crippen molar-refractivity contribution in [2.75, 3.05) is 18.9 Å². The number of hydrogen-bond acceptors (Lipinski definition) is 3. The highest BCUT2D eigenvalue weighted by Crippen LogP contribution is 2.21. The standard InChI is InChI=1S/C10H14N2O2/c1-11-7-6-10(14)12-8-4-2-3-5-9(8)13/h2-5,11,13H,6-7H2,1H3,(H,12,14). The zero-order valence-corrected chi connectivity index (χ0v) is 8.08. The second-order valence-electron chi connectivity index (χ2n) is 2.92. The zero-order valence-electron chi connectivity index (χ0n) is 8.08. The molecular weight excluding hydrogens is 180 g/mol. The topological polar surface area (TPSA) is 61.4 Å². The molecule has 0 saturated heterocycles. The fourth-order valence-corrected chi connectivity index (χ4v) is 1.03. The third kappa shape index (κ3) is 3.06. The average Bonchev–Trinajstić information content (AvgIpc) is 2.18. The molecule has 0 aromatic heterocycles. The number of nitrogens with one attached hydrogen (secondary N) is 2. The van der Waals surface area contributed by atoms with E-state index in [-0.39, 0.29) is 11.7 Å². The van der Waals surface area contributed by atoms with E-state index < -0.39 is 0 Å². The Morgan fingerprint density at radius 2 is 2.14 bits per heavy atom. The summed E-state index contributed by atoms with van der Waals surface area (Å²) in [6.45, 7) is 0.624. The molecule has 1 aromatic rings. The number of hydrogen-bond donors (Lipinski definition) is 3. The van der Waals surface area contributed by atoms with E-state index in [2.05, 4.69) is 10.6 Å². The Balaban J connectivity index is 2.52. The summed E-state index contributed by atoms with van der Waals surface area (Å²) in [5.74, 6) is -0.0221. The first-order valence-electron chi connectivity index (χ1n) is 4.46. The maximum absolute atomic E-state index is 11.3. The van der Waals surface area contributed by atoms with Crippen LogP contribution in [0.4, 0.5) is 5.69 Å². The third-order valence-corrected chi connectivity index (χ3v) is 1.78. The van der Waals surface area contributed by atoms with Gasteiger partial charge >= 0.3 is 0 Å². The Morgan fingerprint density at radius 3 is 2.79 bits per heavy atom. The minimum Gasteiger partial charge on any atom is -0.506 e. The highest BCUT2D eigenvalue weighted by Gasteiger charge is 2.03. The van der Waals surface area contributed by atoms with E-state index in [4.69, 9.17) is 0 Å². The van der Waals surface area contributed by atoms with Gasteiger partial charge in [-0.15, -0.1) is 0 Å². The molecule has 3 N–H and O–H groups in total. The summed E-state index contributed by atoms with van der Waals surface area (Å²) in [6.07, 6.45) is 0.394. The summed E-state index contributed by atoms with van der Waals surface area (Å²) in [5.41, 5.74) is 0.452. The van der Waals surface area contributed by atoms with Crippen LogP contribution in [-0.2, 0) is 4.79 Å². The van der Waals surface area contributed by atoms with Crippen LogP contribution in [0.1, 0.15) is 6.42 Å². The van der Waals surface area contributed by atoms with Crippen LogP contribution in [0.3, 0.4) is 0 Å². The number of benzene rings is 1. The number of anilines is 1. The summed E-state index contributed by atoms with van der Waals surface area (Å²) in [4.78, 5) is 11.3. The summed E-state index contributed by atoms with van der Waals surface area (Å²) in [7, 11) is 1.78. The molecule has 14 heavy (non-hydrogen) atoms. The predicted molar refractivity (Wildman–Crippen MR) is 55.3 cm³/mol. The molecule has 0 fully saturated rings. The molecule has 0 spiro atoms. The Hall–Kier alpha value is -1.55. The van der Waals surface area contributed by atoms with Gasteiger partial charge < -0.3 is 15.7 Å². The molecule has 4 heteroatoms. The van der Waals surface area contributed by atoms with Crippen molar-refractivity contribution >= 4 is 11.6 Å². The monoisotopic (exact) mass is 194 g/mol. The summed E-state index contributed by atoms with van der Waals surface area (Å²) < 4.78 is 0. The van der Waals surface area contributed by atoms with E-state index in [1.54, 1.807) is 25.2 Å². The van der Waals surface area contributed by atoms with E-state index >= 15 is 0 Å². The number of para-hydroxylation sites is 2. The van der Waals surface area contributed by atoms with Crippen LogP contribution in [0, 0.1) is 0 Å². The third-order valence-electron chi connectivity index (χ3n) is 1.78. The van der Waals surface area contributed by atoms with Crippen LogP contribution in [-0.4, -0.2) is 24.6 Å². The van der Waals surface area contributed by atoms with Crippen LogP contribution >= 0.6 is 0 Å². The maximum atomic E-state index is 11.3. The lowest BCUT2D eigenvalue weighted by Gasteiger charge is -2.06. The lowest BCUT2D eigenvalue weighted by Crippen LogP contribution is -2.18. The first-order valence-corrected chi connectivity index (χ1v) is 4.46. The van der Waals surface area contributed by atoms with Crippen molar-refractivity contribution in [2.24, 2.45) is 0 Å². The van der Waals surface area contributed by atoms with Crippen LogP contribution in [0.2, 0.25) is 0 Å². The molecule has 0 atom stereocenters.